The Hall–Kier alpha value is -1.36. The third-order valence-corrected chi connectivity index (χ3v) is 3.36. The highest BCUT2D eigenvalue weighted by Crippen LogP contribution is 2.27. The lowest BCUT2D eigenvalue weighted by atomic mass is 10.2. The lowest BCUT2D eigenvalue weighted by molar-refractivity contribution is -0.123. The van der Waals surface area contributed by atoms with E-state index >= 15 is 0 Å². The van der Waals surface area contributed by atoms with Gasteiger partial charge in [-0.2, -0.15) is 0 Å². The van der Waals surface area contributed by atoms with Crippen LogP contribution in [0, 0.1) is 5.92 Å². The Morgan fingerprint density at radius 2 is 2.28 bits per heavy atom. The van der Waals surface area contributed by atoms with Gasteiger partial charge in [0.1, 0.15) is 12.0 Å². The van der Waals surface area contributed by atoms with Crippen molar-refractivity contribution in [2.24, 2.45) is 5.92 Å². The summed E-state index contributed by atoms with van der Waals surface area (Å²) < 4.78 is 6.04. The standard InChI is InChI=1S/C13H14BrNO3/c14-11-5-10(7-16)3-4-12(11)18-8-13(17)15-6-9-1-2-9/h3-5,7,9H,1-2,6,8H2,(H,15,17). The second-order valence-electron chi connectivity index (χ2n) is 4.34. The number of amides is 1. The summed E-state index contributed by atoms with van der Waals surface area (Å²) >= 11 is 3.29. The van der Waals surface area contributed by atoms with Crippen LogP contribution in [0.3, 0.4) is 0 Å². The molecule has 0 unspecified atom stereocenters. The van der Waals surface area contributed by atoms with Crippen LogP contribution in [0.2, 0.25) is 0 Å². The molecule has 0 heterocycles. The molecule has 1 fully saturated rings. The van der Waals surface area contributed by atoms with Crippen molar-refractivity contribution < 1.29 is 14.3 Å². The van der Waals surface area contributed by atoms with E-state index in [2.05, 4.69) is 21.2 Å². The molecule has 0 saturated heterocycles. The van der Waals surface area contributed by atoms with E-state index in [0.29, 0.717) is 21.7 Å². The highest BCUT2D eigenvalue weighted by atomic mass is 79.9. The van der Waals surface area contributed by atoms with Gasteiger partial charge in [0.2, 0.25) is 0 Å². The molecular formula is C13H14BrNO3. The maximum absolute atomic E-state index is 11.5. The number of carbonyl (C=O) groups is 2. The number of nitrogens with one attached hydrogen (secondary N) is 1. The Morgan fingerprint density at radius 1 is 1.50 bits per heavy atom. The number of rotatable bonds is 6. The smallest absolute Gasteiger partial charge is 0.257 e. The molecule has 1 amide bonds. The number of halogens is 1. The fourth-order valence-electron chi connectivity index (χ4n) is 1.48. The van der Waals surface area contributed by atoms with Gasteiger partial charge in [-0.05, 0) is 52.9 Å². The third kappa shape index (κ3) is 3.84. The first kappa shape index (κ1) is 13.1. The zero-order valence-corrected chi connectivity index (χ0v) is 11.4. The summed E-state index contributed by atoms with van der Waals surface area (Å²) in [4.78, 5) is 22.0. The lowest BCUT2D eigenvalue weighted by Gasteiger charge is -2.08. The highest BCUT2D eigenvalue weighted by Gasteiger charge is 2.21. The van der Waals surface area contributed by atoms with Crippen LogP contribution in [0.5, 0.6) is 5.75 Å². The normalized spacial score (nSPS) is 14.1. The van der Waals surface area contributed by atoms with Gasteiger partial charge in [-0.1, -0.05) is 0 Å². The summed E-state index contributed by atoms with van der Waals surface area (Å²) in [7, 11) is 0. The molecule has 0 radical (unpaired) electrons. The number of ether oxygens (including phenoxy) is 1. The lowest BCUT2D eigenvalue weighted by Crippen LogP contribution is -2.30. The van der Waals surface area contributed by atoms with Crippen LogP contribution in [0.15, 0.2) is 22.7 Å². The predicted molar refractivity (Wildman–Crippen MR) is 70.8 cm³/mol. The van der Waals surface area contributed by atoms with E-state index in [1.54, 1.807) is 18.2 Å². The van der Waals surface area contributed by atoms with Gasteiger partial charge in [-0.15, -0.1) is 0 Å². The summed E-state index contributed by atoms with van der Waals surface area (Å²) in [5.74, 6) is 1.10. The molecule has 1 aromatic rings. The van der Waals surface area contributed by atoms with Crippen molar-refractivity contribution in [3.05, 3.63) is 28.2 Å². The van der Waals surface area contributed by atoms with Gasteiger partial charge in [0.15, 0.2) is 6.61 Å². The van der Waals surface area contributed by atoms with Crippen LogP contribution in [-0.2, 0) is 4.79 Å². The van der Waals surface area contributed by atoms with Gasteiger partial charge in [0.05, 0.1) is 4.47 Å². The number of hydrogen-bond donors (Lipinski definition) is 1. The van der Waals surface area contributed by atoms with E-state index in [1.807, 2.05) is 0 Å². The van der Waals surface area contributed by atoms with Gasteiger partial charge >= 0.3 is 0 Å². The van der Waals surface area contributed by atoms with Crippen molar-refractivity contribution in [3.8, 4) is 5.75 Å². The molecule has 2 rings (SSSR count). The molecule has 1 saturated carbocycles. The second-order valence-corrected chi connectivity index (χ2v) is 5.20. The average Bonchev–Trinajstić information content (AvgIpc) is 3.18. The predicted octanol–water partition coefficient (Wildman–Crippen LogP) is 2.17. The van der Waals surface area contributed by atoms with E-state index < -0.39 is 0 Å². The molecule has 5 heteroatoms. The molecular weight excluding hydrogens is 298 g/mol. The number of aldehydes is 1. The van der Waals surface area contributed by atoms with Crippen LogP contribution in [-0.4, -0.2) is 25.3 Å². The minimum Gasteiger partial charge on any atom is -0.483 e. The zero-order valence-electron chi connectivity index (χ0n) is 9.82. The first-order valence-electron chi connectivity index (χ1n) is 5.83. The van der Waals surface area contributed by atoms with Gasteiger partial charge < -0.3 is 10.1 Å². The van der Waals surface area contributed by atoms with Gasteiger partial charge in [-0.25, -0.2) is 0 Å². The van der Waals surface area contributed by atoms with Crippen molar-refractivity contribution in [2.45, 2.75) is 12.8 Å². The van der Waals surface area contributed by atoms with Crippen LogP contribution in [0.1, 0.15) is 23.2 Å². The second kappa shape index (κ2) is 6.00. The van der Waals surface area contributed by atoms with Crippen molar-refractivity contribution in [1.29, 1.82) is 0 Å². The van der Waals surface area contributed by atoms with Crippen LogP contribution in [0.25, 0.3) is 0 Å². The molecule has 4 nitrogen and oxygen atoms in total. The molecule has 1 aliphatic carbocycles. The monoisotopic (exact) mass is 311 g/mol. The first-order chi connectivity index (χ1) is 8.69. The van der Waals surface area contributed by atoms with Crippen molar-refractivity contribution in [3.63, 3.8) is 0 Å². The summed E-state index contributed by atoms with van der Waals surface area (Å²) in [6.45, 7) is 0.735. The largest absolute Gasteiger partial charge is 0.483 e. The Labute approximate surface area is 114 Å². The van der Waals surface area contributed by atoms with E-state index in [-0.39, 0.29) is 12.5 Å². The van der Waals surface area contributed by atoms with Gasteiger partial charge in [-0.3, -0.25) is 9.59 Å². The molecule has 1 aromatic carbocycles. The Balaban J connectivity index is 1.81. The van der Waals surface area contributed by atoms with E-state index in [1.165, 1.54) is 12.8 Å². The van der Waals surface area contributed by atoms with Crippen molar-refractivity contribution in [1.82, 2.24) is 5.32 Å². The summed E-state index contributed by atoms with van der Waals surface area (Å²) in [6.07, 6.45) is 3.18. The fourth-order valence-corrected chi connectivity index (χ4v) is 1.99. The van der Waals surface area contributed by atoms with Crippen molar-refractivity contribution in [2.75, 3.05) is 13.2 Å². The Morgan fingerprint density at radius 3 is 2.89 bits per heavy atom. The SMILES string of the molecule is O=Cc1ccc(OCC(=O)NCC2CC2)c(Br)c1. The maximum Gasteiger partial charge on any atom is 0.257 e. The molecule has 0 bridgehead atoms. The minimum atomic E-state index is -0.117. The quantitative estimate of drug-likeness (QED) is 0.819. The summed E-state index contributed by atoms with van der Waals surface area (Å²) in [5, 5.41) is 2.82. The highest BCUT2D eigenvalue weighted by molar-refractivity contribution is 9.10. The molecule has 0 aliphatic heterocycles. The molecule has 0 spiro atoms. The third-order valence-electron chi connectivity index (χ3n) is 2.74. The van der Waals surface area contributed by atoms with Crippen molar-refractivity contribution >= 4 is 28.1 Å². The molecule has 0 aromatic heterocycles. The van der Waals surface area contributed by atoms with Gasteiger partial charge in [0, 0.05) is 12.1 Å². The maximum atomic E-state index is 11.5. The molecule has 18 heavy (non-hydrogen) atoms. The number of carbonyl (C=O) groups excluding carboxylic acids is 2. The number of hydrogen-bond acceptors (Lipinski definition) is 3. The van der Waals surface area contributed by atoms with Crippen LogP contribution < -0.4 is 10.1 Å². The van der Waals surface area contributed by atoms with Gasteiger partial charge in [0.25, 0.3) is 5.91 Å². The van der Waals surface area contributed by atoms with E-state index in [4.69, 9.17) is 4.74 Å². The molecule has 96 valence electrons. The first-order valence-corrected chi connectivity index (χ1v) is 6.62. The fraction of sp³-hybridized carbons (Fsp3) is 0.385. The Kier molecular flexibility index (Phi) is 4.36. The average molecular weight is 312 g/mol. The van der Waals surface area contributed by atoms with E-state index in [0.717, 1.165) is 12.8 Å². The minimum absolute atomic E-state index is 0.00818. The van der Waals surface area contributed by atoms with Crippen LogP contribution >= 0.6 is 15.9 Å². The van der Waals surface area contributed by atoms with E-state index in [9.17, 15) is 9.59 Å². The molecule has 0 atom stereocenters. The topological polar surface area (TPSA) is 55.4 Å². The molecule has 1 N–H and O–H groups in total. The summed E-state index contributed by atoms with van der Waals surface area (Å²) in [6, 6.07) is 4.97. The summed E-state index contributed by atoms with van der Waals surface area (Å²) in [5.41, 5.74) is 0.562. The number of benzene rings is 1. The molecule has 1 aliphatic rings. The zero-order chi connectivity index (χ0) is 13.0. The van der Waals surface area contributed by atoms with Crippen LogP contribution in [0.4, 0.5) is 0 Å². The Bertz CT molecular complexity index is 458.